The van der Waals surface area contributed by atoms with Gasteiger partial charge in [0.05, 0.1) is 18.8 Å². The van der Waals surface area contributed by atoms with Crippen molar-refractivity contribution in [2.45, 2.75) is 52.4 Å². The Kier molecular flexibility index (Phi) is 7.65. The van der Waals surface area contributed by atoms with E-state index in [-0.39, 0.29) is 5.60 Å². The second-order valence-electron chi connectivity index (χ2n) is 4.47. The van der Waals surface area contributed by atoms with Crippen LogP contribution >= 0.6 is 0 Å². The highest BCUT2D eigenvalue weighted by Gasteiger charge is 2.07. The molecule has 1 unspecified atom stereocenters. The van der Waals surface area contributed by atoms with Crippen LogP contribution in [0.3, 0.4) is 0 Å². The highest BCUT2D eigenvalue weighted by molar-refractivity contribution is 4.85. The summed E-state index contributed by atoms with van der Waals surface area (Å²) in [6, 6.07) is 0. The van der Waals surface area contributed by atoms with Gasteiger partial charge >= 0.3 is 0 Å². The molecule has 0 saturated carbocycles. The zero-order chi connectivity index (χ0) is 11.7. The summed E-state index contributed by atoms with van der Waals surface area (Å²) in [6.07, 6.45) is 4.64. The minimum atomic E-state index is -0.805. The first-order chi connectivity index (χ1) is 6.95. The van der Waals surface area contributed by atoms with Crippen molar-refractivity contribution in [2.75, 3.05) is 13.2 Å². The van der Waals surface area contributed by atoms with Crippen LogP contribution in [0.5, 0.6) is 0 Å². The Morgan fingerprint density at radius 1 is 1.33 bits per heavy atom. The van der Waals surface area contributed by atoms with E-state index < -0.39 is 6.29 Å². The van der Waals surface area contributed by atoms with E-state index in [2.05, 4.69) is 6.92 Å². The average Bonchev–Trinajstić information content (AvgIpc) is 2.11. The molecule has 0 saturated heterocycles. The van der Waals surface area contributed by atoms with Gasteiger partial charge in [0.25, 0.3) is 0 Å². The van der Waals surface area contributed by atoms with E-state index >= 15 is 0 Å². The molecule has 0 heterocycles. The lowest BCUT2D eigenvalue weighted by atomic mass is 10.2. The molecule has 3 heteroatoms. The molecule has 0 aromatic carbocycles. The average molecular weight is 216 g/mol. The summed E-state index contributed by atoms with van der Waals surface area (Å²) in [5.41, 5.74) is -0.141. The SMILES string of the molecule is CCCCOC(O)C=CCOC(C)(C)C. The number of unbranched alkanes of at least 4 members (excludes halogenated alkanes) is 1. The first-order valence-corrected chi connectivity index (χ1v) is 5.56. The molecule has 0 radical (unpaired) electrons. The summed E-state index contributed by atoms with van der Waals surface area (Å²) >= 11 is 0. The zero-order valence-electron chi connectivity index (χ0n) is 10.3. The van der Waals surface area contributed by atoms with Crippen LogP contribution in [0, 0.1) is 0 Å². The fourth-order valence-corrected chi connectivity index (χ4v) is 0.874. The molecule has 0 bridgehead atoms. The molecule has 0 aromatic rings. The first-order valence-electron chi connectivity index (χ1n) is 5.56. The minimum Gasteiger partial charge on any atom is -0.372 e. The number of rotatable bonds is 7. The van der Waals surface area contributed by atoms with Crippen LogP contribution in [-0.4, -0.2) is 30.2 Å². The summed E-state index contributed by atoms with van der Waals surface area (Å²) in [7, 11) is 0. The molecule has 0 aromatic heterocycles. The van der Waals surface area contributed by atoms with E-state index in [1.165, 1.54) is 0 Å². The van der Waals surface area contributed by atoms with Gasteiger partial charge in [-0.05, 0) is 33.3 Å². The first kappa shape index (κ1) is 14.6. The van der Waals surface area contributed by atoms with Crippen LogP contribution in [-0.2, 0) is 9.47 Å². The Balaban J connectivity index is 3.50. The quantitative estimate of drug-likeness (QED) is 0.404. The molecule has 0 rings (SSSR count). The van der Waals surface area contributed by atoms with Crippen molar-refractivity contribution in [1.82, 2.24) is 0 Å². The Bertz CT molecular complexity index is 170. The molecule has 0 aliphatic heterocycles. The standard InChI is InChI=1S/C12H24O3/c1-5-6-9-14-11(13)8-7-10-15-12(2,3)4/h7-8,11,13H,5-6,9-10H2,1-4H3. The maximum atomic E-state index is 9.34. The van der Waals surface area contributed by atoms with Crippen molar-refractivity contribution in [3.05, 3.63) is 12.2 Å². The van der Waals surface area contributed by atoms with Crippen molar-refractivity contribution >= 4 is 0 Å². The highest BCUT2D eigenvalue weighted by atomic mass is 16.6. The largest absolute Gasteiger partial charge is 0.372 e. The molecule has 15 heavy (non-hydrogen) atoms. The second-order valence-corrected chi connectivity index (χ2v) is 4.47. The highest BCUT2D eigenvalue weighted by Crippen LogP contribution is 2.06. The van der Waals surface area contributed by atoms with Gasteiger partial charge in [-0.2, -0.15) is 0 Å². The molecule has 0 fully saturated rings. The van der Waals surface area contributed by atoms with Crippen LogP contribution in [0.4, 0.5) is 0 Å². The fraction of sp³-hybridized carbons (Fsp3) is 0.833. The lowest BCUT2D eigenvalue weighted by Crippen LogP contribution is -2.19. The van der Waals surface area contributed by atoms with E-state index in [0.717, 1.165) is 12.8 Å². The van der Waals surface area contributed by atoms with E-state index in [9.17, 15) is 5.11 Å². The van der Waals surface area contributed by atoms with Gasteiger partial charge in [-0.1, -0.05) is 19.4 Å². The van der Waals surface area contributed by atoms with Crippen LogP contribution in [0.1, 0.15) is 40.5 Å². The Hall–Kier alpha value is -0.380. The predicted octanol–water partition coefficient (Wildman–Crippen LogP) is 2.49. The van der Waals surface area contributed by atoms with Gasteiger partial charge in [0.2, 0.25) is 0 Å². The topological polar surface area (TPSA) is 38.7 Å². The summed E-state index contributed by atoms with van der Waals surface area (Å²) in [5.74, 6) is 0. The Morgan fingerprint density at radius 2 is 2.00 bits per heavy atom. The number of hydrogen-bond donors (Lipinski definition) is 1. The molecule has 0 aliphatic rings. The number of aliphatic hydroxyl groups excluding tert-OH is 1. The van der Waals surface area contributed by atoms with Gasteiger partial charge in [-0.15, -0.1) is 0 Å². The molecular formula is C12H24O3. The summed E-state index contributed by atoms with van der Waals surface area (Å²) in [5, 5.41) is 9.34. The molecule has 0 amide bonds. The molecule has 0 spiro atoms. The molecule has 0 aliphatic carbocycles. The van der Waals surface area contributed by atoms with Gasteiger partial charge in [-0.25, -0.2) is 0 Å². The zero-order valence-corrected chi connectivity index (χ0v) is 10.3. The number of ether oxygens (including phenoxy) is 2. The van der Waals surface area contributed by atoms with Crippen molar-refractivity contribution < 1.29 is 14.6 Å². The fourth-order valence-electron chi connectivity index (χ4n) is 0.874. The maximum Gasteiger partial charge on any atom is 0.174 e. The van der Waals surface area contributed by atoms with Gasteiger partial charge in [0, 0.05) is 0 Å². The number of aliphatic hydroxyl groups is 1. The Morgan fingerprint density at radius 3 is 2.53 bits per heavy atom. The summed E-state index contributed by atoms with van der Waals surface area (Å²) in [6.45, 7) is 9.17. The van der Waals surface area contributed by atoms with E-state index in [1.807, 2.05) is 20.8 Å². The van der Waals surface area contributed by atoms with E-state index in [0.29, 0.717) is 13.2 Å². The third-order valence-corrected chi connectivity index (χ3v) is 1.70. The lowest BCUT2D eigenvalue weighted by Gasteiger charge is -2.18. The van der Waals surface area contributed by atoms with Gasteiger partial charge in [0.1, 0.15) is 0 Å². The molecule has 1 N–H and O–H groups in total. The molecular weight excluding hydrogens is 192 g/mol. The predicted molar refractivity (Wildman–Crippen MR) is 61.7 cm³/mol. The summed E-state index contributed by atoms with van der Waals surface area (Å²) in [4.78, 5) is 0. The van der Waals surface area contributed by atoms with Gasteiger partial charge < -0.3 is 14.6 Å². The van der Waals surface area contributed by atoms with Crippen LogP contribution < -0.4 is 0 Å². The second kappa shape index (κ2) is 7.85. The molecule has 90 valence electrons. The lowest BCUT2D eigenvalue weighted by molar-refractivity contribution is -0.0656. The smallest absolute Gasteiger partial charge is 0.174 e. The van der Waals surface area contributed by atoms with Crippen LogP contribution in [0.15, 0.2) is 12.2 Å². The Labute approximate surface area is 93.1 Å². The maximum absolute atomic E-state index is 9.34. The molecule has 1 atom stereocenters. The van der Waals surface area contributed by atoms with E-state index in [4.69, 9.17) is 9.47 Å². The number of hydrogen-bond acceptors (Lipinski definition) is 3. The minimum absolute atomic E-state index is 0.141. The van der Waals surface area contributed by atoms with Crippen LogP contribution in [0.25, 0.3) is 0 Å². The van der Waals surface area contributed by atoms with E-state index in [1.54, 1.807) is 12.2 Å². The summed E-state index contributed by atoms with van der Waals surface area (Å²) < 4.78 is 10.6. The normalized spacial score (nSPS) is 14.7. The van der Waals surface area contributed by atoms with Gasteiger partial charge in [0.15, 0.2) is 6.29 Å². The monoisotopic (exact) mass is 216 g/mol. The van der Waals surface area contributed by atoms with Crippen molar-refractivity contribution in [3.63, 3.8) is 0 Å². The van der Waals surface area contributed by atoms with Crippen molar-refractivity contribution in [1.29, 1.82) is 0 Å². The third-order valence-electron chi connectivity index (χ3n) is 1.70. The van der Waals surface area contributed by atoms with Crippen molar-refractivity contribution in [3.8, 4) is 0 Å². The van der Waals surface area contributed by atoms with Crippen LogP contribution in [0.2, 0.25) is 0 Å². The van der Waals surface area contributed by atoms with Crippen molar-refractivity contribution in [2.24, 2.45) is 0 Å². The van der Waals surface area contributed by atoms with Gasteiger partial charge in [-0.3, -0.25) is 0 Å². The third kappa shape index (κ3) is 11.5. The molecule has 3 nitrogen and oxygen atoms in total.